The molecule has 35 heavy (non-hydrogen) atoms. The van der Waals surface area contributed by atoms with Gasteiger partial charge in [0.1, 0.15) is 17.0 Å². The highest BCUT2D eigenvalue weighted by molar-refractivity contribution is 5.75. The van der Waals surface area contributed by atoms with Crippen LogP contribution in [0.2, 0.25) is 0 Å². The second kappa shape index (κ2) is 10.1. The van der Waals surface area contributed by atoms with Crippen molar-refractivity contribution in [3.05, 3.63) is 95.4 Å². The highest BCUT2D eigenvalue weighted by atomic mass is 16.5. The monoisotopic (exact) mass is 467 g/mol. The van der Waals surface area contributed by atoms with Crippen LogP contribution in [-0.2, 0) is 13.0 Å². The number of rotatable bonds is 9. The molecular weight excluding hydrogens is 438 g/mol. The maximum atomic E-state index is 6.06. The molecule has 2 aromatic heterocycles. The second-order valence-corrected chi connectivity index (χ2v) is 8.62. The third-order valence-electron chi connectivity index (χ3n) is 5.98. The molecule has 0 unspecified atom stereocenters. The van der Waals surface area contributed by atoms with E-state index in [-0.39, 0.29) is 0 Å². The predicted octanol–water partition coefficient (Wildman–Crippen LogP) is 6.75. The Kier molecular flexibility index (Phi) is 6.53. The van der Waals surface area contributed by atoms with Crippen LogP contribution in [0.5, 0.6) is 5.75 Å². The second-order valence-electron chi connectivity index (χ2n) is 8.62. The molecule has 0 aliphatic carbocycles. The van der Waals surface area contributed by atoms with E-state index in [1.165, 1.54) is 5.56 Å². The molecule has 0 spiro atoms. The normalized spacial score (nSPS) is 11.2. The number of anilines is 1. The zero-order chi connectivity index (χ0) is 24.2. The summed E-state index contributed by atoms with van der Waals surface area (Å²) in [5.74, 6) is 2.30. The molecule has 5 rings (SSSR count). The molecule has 0 saturated heterocycles. The molecule has 0 saturated carbocycles. The largest absolute Gasteiger partial charge is 0.493 e. The Bertz CT molecular complexity index is 1420. The molecular formula is C29H29N3O3. The van der Waals surface area contributed by atoms with Gasteiger partial charge in [-0.25, -0.2) is 4.98 Å². The quantitative estimate of drug-likeness (QED) is 0.239. The smallest absolute Gasteiger partial charge is 0.298 e. The lowest BCUT2D eigenvalue weighted by molar-refractivity contribution is 0.319. The van der Waals surface area contributed by atoms with Crippen molar-refractivity contribution in [3.8, 4) is 17.2 Å². The van der Waals surface area contributed by atoms with Gasteiger partial charge >= 0.3 is 0 Å². The van der Waals surface area contributed by atoms with Crippen molar-refractivity contribution in [2.75, 3.05) is 18.1 Å². The van der Waals surface area contributed by atoms with Crippen molar-refractivity contribution in [2.45, 2.75) is 33.7 Å². The molecule has 178 valence electrons. The highest BCUT2D eigenvalue weighted by Crippen LogP contribution is 2.25. The Morgan fingerprint density at radius 2 is 1.74 bits per heavy atom. The van der Waals surface area contributed by atoms with Crippen molar-refractivity contribution in [1.82, 2.24) is 9.97 Å². The summed E-state index contributed by atoms with van der Waals surface area (Å²) in [6, 6.07) is 24.8. The summed E-state index contributed by atoms with van der Waals surface area (Å²) in [7, 11) is 0. The number of hydrogen-bond acceptors (Lipinski definition) is 6. The fraction of sp³-hybridized carbons (Fsp3) is 0.241. The van der Waals surface area contributed by atoms with Gasteiger partial charge in [0.15, 0.2) is 5.58 Å². The molecule has 0 radical (unpaired) electrons. The van der Waals surface area contributed by atoms with Crippen LogP contribution in [-0.4, -0.2) is 23.1 Å². The number of benzene rings is 3. The first-order valence-corrected chi connectivity index (χ1v) is 11.9. The fourth-order valence-corrected chi connectivity index (χ4v) is 4.06. The lowest BCUT2D eigenvalue weighted by Gasteiger charge is -2.18. The molecule has 0 bridgehead atoms. The zero-order valence-electron chi connectivity index (χ0n) is 20.3. The van der Waals surface area contributed by atoms with Crippen molar-refractivity contribution >= 4 is 17.1 Å². The van der Waals surface area contributed by atoms with Gasteiger partial charge in [-0.15, -0.1) is 0 Å². The molecule has 0 amide bonds. The van der Waals surface area contributed by atoms with E-state index < -0.39 is 0 Å². The summed E-state index contributed by atoms with van der Waals surface area (Å²) in [6.07, 6.45) is 0.676. The van der Waals surface area contributed by atoms with Gasteiger partial charge in [-0.05, 0) is 68.3 Å². The molecule has 0 atom stereocenters. The van der Waals surface area contributed by atoms with Crippen molar-refractivity contribution < 1.29 is 13.6 Å². The van der Waals surface area contributed by atoms with Crippen molar-refractivity contribution in [3.63, 3.8) is 0 Å². The van der Waals surface area contributed by atoms with Gasteiger partial charge in [0.05, 0.1) is 12.3 Å². The standard InChI is InChI=1S/C29H29N3O3/c1-4-32(29-31-26-17-20(2)13-14-27(26)35-29)19-22-9-8-12-24(18-22)33-16-15-25-21(3)34-28(30-25)23-10-6-5-7-11-23/h5-14,17-18H,4,15-16,19H2,1-3H3. The zero-order valence-corrected chi connectivity index (χ0v) is 20.3. The summed E-state index contributed by atoms with van der Waals surface area (Å²) in [5, 5.41) is 0. The van der Waals surface area contributed by atoms with Crippen LogP contribution >= 0.6 is 0 Å². The fourth-order valence-electron chi connectivity index (χ4n) is 4.06. The van der Waals surface area contributed by atoms with Gasteiger partial charge in [-0.3, -0.25) is 0 Å². The summed E-state index contributed by atoms with van der Waals surface area (Å²) < 4.78 is 17.9. The minimum Gasteiger partial charge on any atom is -0.493 e. The van der Waals surface area contributed by atoms with Gasteiger partial charge in [-0.2, -0.15) is 4.98 Å². The van der Waals surface area contributed by atoms with Crippen LogP contribution in [0.1, 0.15) is 29.5 Å². The molecule has 0 aliphatic rings. The molecule has 6 nitrogen and oxygen atoms in total. The van der Waals surface area contributed by atoms with Crippen LogP contribution in [0.4, 0.5) is 6.01 Å². The van der Waals surface area contributed by atoms with Gasteiger partial charge in [-0.1, -0.05) is 36.4 Å². The number of fused-ring (bicyclic) bond motifs is 1. The summed E-state index contributed by atoms with van der Waals surface area (Å²) >= 11 is 0. The first-order valence-electron chi connectivity index (χ1n) is 11.9. The number of aromatic nitrogens is 2. The maximum Gasteiger partial charge on any atom is 0.298 e. The Hall–Kier alpha value is -4.06. The van der Waals surface area contributed by atoms with E-state index in [0.717, 1.165) is 46.0 Å². The minimum absolute atomic E-state index is 0.521. The predicted molar refractivity (Wildman–Crippen MR) is 138 cm³/mol. The van der Waals surface area contributed by atoms with Crippen molar-refractivity contribution in [1.29, 1.82) is 0 Å². The van der Waals surface area contributed by atoms with E-state index in [2.05, 4.69) is 35.9 Å². The lowest BCUT2D eigenvalue weighted by Crippen LogP contribution is -2.22. The molecule has 6 heteroatoms. The van der Waals surface area contributed by atoms with Crippen LogP contribution in [0.25, 0.3) is 22.6 Å². The van der Waals surface area contributed by atoms with Crippen LogP contribution in [0, 0.1) is 13.8 Å². The third kappa shape index (κ3) is 5.22. The van der Waals surface area contributed by atoms with E-state index in [4.69, 9.17) is 18.6 Å². The average molecular weight is 468 g/mol. The Morgan fingerprint density at radius 1 is 0.886 bits per heavy atom. The maximum absolute atomic E-state index is 6.06. The Balaban J connectivity index is 1.22. The SMILES string of the molecule is CCN(Cc1cccc(OCCc2nc(-c3ccccc3)oc2C)c1)c1nc2cc(C)ccc2o1. The van der Waals surface area contributed by atoms with E-state index in [9.17, 15) is 0 Å². The summed E-state index contributed by atoms with van der Waals surface area (Å²) in [6.45, 7) is 8.09. The van der Waals surface area contributed by atoms with E-state index >= 15 is 0 Å². The minimum atomic E-state index is 0.521. The Labute approximate surface area is 205 Å². The summed E-state index contributed by atoms with van der Waals surface area (Å²) in [4.78, 5) is 11.5. The van der Waals surface area contributed by atoms with Crippen molar-refractivity contribution in [2.24, 2.45) is 0 Å². The van der Waals surface area contributed by atoms with E-state index in [1.54, 1.807) is 0 Å². The average Bonchev–Trinajstić information content (AvgIpc) is 3.46. The number of oxazole rings is 2. The molecule has 0 aliphatic heterocycles. The van der Waals surface area contributed by atoms with Gasteiger partial charge in [0, 0.05) is 25.1 Å². The lowest BCUT2D eigenvalue weighted by atomic mass is 10.2. The van der Waals surface area contributed by atoms with E-state index in [0.29, 0.717) is 31.5 Å². The summed E-state index contributed by atoms with van der Waals surface area (Å²) in [5.41, 5.74) is 5.89. The highest BCUT2D eigenvalue weighted by Gasteiger charge is 2.14. The van der Waals surface area contributed by atoms with Gasteiger partial charge < -0.3 is 18.5 Å². The third-order valence-corrected chi connectivity index (χ3v) is 5.98. The van der Waals surface area contributed by atoms with Crippen LogP contribution in [0.3, 0.4) is 0 Å². The van der Waals surface area contributed by atoms with Gasteiger partial charge in [0.25, 0.3) is 6.01 Å². The molecule has 5 aromatic rings. The number of ether oxygens (including phenoxy) is 1. The van der Waals surface area contributed by atoms with Crippen LogP contribution in [0.15, 0.2) is 81.6 Å². The number of nitrogens with zero attached hydrogens (tertiary/aromatic N) is 3. The first kappa shape index (κ1) is 22.7. The molecule has 0 N–H and O–H groups in total. The number of aryl methyl sites for hydroxylation is 2. The van der Waals surface area contributed by atoms with Crippen LogP contribution < -0.4 is 9.64 Å². The molecule has 2 heterocycles. The molecule has 3 aromatic carbocycles. The molecule has 0 fully saturated rings. The Morgan fingerprint density at radius 3 is 2.57 bits per heavy atom. The number of hydrogen-bond donors (Lipinski definition) is 0. The van der Waals surface area contributed by atoms with Gasteiger partial charge in [0.2, 0.25) is 5.89 Å². The first-order chi connectivity index (χ1) is 17.1. The van der Waals surface area contributed by atoms with E-state index in [1.807, 2.05) is 67.6 Å². The topological polar surface area (TPSA) is 64.5 Å².